The molecule has 1 aromatic heterocycles. The van der Waals surface area contributed by atoms with Crippen LogP contribution in [0.2, 0.25) is 0 Å². The van der Waals surface area contributed by atoms with Gasteiger partial charge in [0.15, 0.2) is 0 Å². The van der Waals surface area contributed by atoms with E-state index in [-0.39, 0.29) is 0 Å². The first-order valence-electron chi connectivity index (χ1n) is 5.72. The molecule has 1 aromatic rings. The quantitative estimate of drug-likeness (QED) is 0.735. The van der Waals surface area contributed by atoms with Crippen LogP contribution in [-0.4, -0.2) is 24.5 Å². The van der Waals surface area contributed by atoms with E-state index in [4.69, 9.17) is 0 Å². The highest BCUT2D eigenvalue weighted by Crippen LogP contribution is 2.17. The van der Waals surface area contributed by atoms with E-state index in [2.05, 4.69) is 49.8 Å². The minimum atomic E-state index is 0.550. The standard InChI is InChI=1S/C13H22N2S/c1-5-8-15(4)10-13-7-6-12(16-13)9-14-11(2)3/h5-7,11,14H,1,8-10H2,2-4H3. The van der Waals surface area contributed by atoms with Crippen LogP contribution in [0.1, 0.15) is 23.6 Å². The second kappa shape index (κ2) is 6.84. The van der Waals surface area contributed by atoms with Gasteiger partial charge < -0.3 is 5.32 Å². The summed E-state index contributed by atoms with van der Waals surface area (Å²) in [5, 5.41) is 3.43. The highest BCUT2D eigenvalue weighted by atomic mass is 32.1. The van der Waals surface area contributed by atoms with E-state index >= 15 is 0 Å². The van der Waals surface area contributed by atoms with Crippen molar-refractivity contribution < 1.29 is 0 Å². The van der Waals surface area contributed by atoms with Crippen LogP contribution in [0.15, 0.2) is 24.8 Å². The van der Waals surface area contributed by atoms with Crippen LogP contribution >= 0.6 is 11.3 Å². The molecule has 0 saturated carbocycles. The van der Waals surface area contributed by atoms with E-state index in [1.807, 2.05) is 17.4 Å². The molecule has 3 heteroatoms. The Balaban J connectivity index is 2.41. The van der Waals surface area contributed by atoms with E-state index < -0.39 is 0 Å². The molecule has 1 N–H and O–H groups in total. The molecule has 1 rings (SSSR count). The molecule has 2 nitrogen and oxygen atoms in total. The third-order valence-corrected chi connectivity index (χ3v) is 3.34. The van der Waals surface area contributed by atoms with Gasteiger partial charge in [-0.3, -0.25) is 4.90 Å². The average molecular weight is 238 g/mol. The number of thiophene rings is 1. The molecule has 0 aromatic carbocycles. The van der Waals surface area contributed by atoms with Gasteiger partial charge in [0.2, 0.25) is 0 Å². The van der Waals surface area contributed by atoms with Gasteiger partial charge in [-0.25, -0.2) is 0 Å². The summed E-state index contributed by atoms with van der Waals surface area (Å²) in [6, 6.07) is 4.99. The van der Waals surface area contributed by atoms with Gasteiger partial charge in [-0.05, 0) is 19.2 Å². The van der Waals surface area contributed by atoms with Crippen LogP contribution in [0, 0.1) is 0 Å². The lowest BCUT2D eigenvalue weighted by molar-refractivity contribution is 0.367. The molecule has 0 unspecified atom stereocenters. The molecule has 0 radical (unpaired) electrons. The Morgan fingerprint density at radius 3 is 2.75 bits per heavy atom. The number of hydrogen-bond acceptors (Lipinski definition) is 3. The number of hydrogen-bond donors (Lipinski definition) is 1. The first kappa shape index (κ1) is 13.4. The minimum Gasteiger partial charge on any atom is -0.310 e. The van der Waals surface area contributed by atoms with Gasteiger partial charge in [0.05, 0.1) is 0 Å². The fourth-order valence-electron chi connectivity index (χ4n) is 1.46. The summed E-state index contributed by atoms with van der Waals surface area (Å²) in [6.07, 6.45) is 1.94. The molecule has 0 amide bonds. The maximum atomic E-state index is 3.75. The lowest BCUT2D eigenvalue weighted by Crippen LogP contribution is -2.21. The fraction of sp³-hybridized carbons (Fsp3) is 0.538. The van der Waals surface area contributed by atoms with Crippen LogP contribution in [-0.2, 0) is 13.1 Å². The predicted molar refractivity (Wildman–Crippen MR) is 72.8 cm³/mol. The Hall–Kier alpha value is -0.640. The molecule has 0 bridgehead atoms. The van der Waals surface area contributed by atoms with E-state index in [1.54, 1.807) is 0 Å². The van der Waals surface area contributed by atoms with Gasteiger partial charge in [0.1, 0.15) is 0 Å². The zero-order chi connectivity index (χ0) is 12.0. The molecule has 90 valence electrons. The summed E-state index contributed by atoms with van der Waals surface area (Å²) in [5.74, 6) is 0. The Bertz CT molecular complexity index is 317. The van der Waals surface area contributed by atoms with Gasteiger partial charge >= 0.3 is 0 Å². The number of rotatable bonds is 7. The second-order valence-corrected chi connectivity index (χ2v) is 5.64. The SMILES string of the molecule is C=CCN(C)Cc1ccc(CNC(C)C)s1. The van der Waals surface area contributed by atoms with Gasteiger partial charge in [-0.15, -0.1) is 17.9 Å². The Morgan fingerprint density at radius 2 is 2.12 bits per heavy atom. The molecule has 1 heterocycles. The van der Waals surface area contributed by atoms with E-state index in [0.717, 1.165) is 19.6 Å². The zero-order valence-electron chi connectivity index (χ0n) is 10.5. The minimum absolute atomic E-state index is 0.550. The van der Waals surface area contributed by atoms with Crippen molar-refractivity contribution in [2.75, 3.05) is 13.6 Å². The Kier molecular flexibility index (Phi) is 5.74. The zero-order valence-corrected chi connectivity index (χ0v) is 11.3. The second-order valence-electron chi connectivity index (χ2n) is 4.39. The predicted octanol–water partition coefficient (Wildman–Crippen LogP) is 2.86. The lowest BCUT2D eigenvalue weighted by Gasteiger charge is -2.12. The molecule has 0 spiro atoms. The van der Waals surface area contributed by atoms with Crippen LogP contribution in [0.4, 0.5) is 0 Å². The molecule has 16 heavy (non-hydrogen) atoms. The van der Waals surface area contributed by atoms with Crippen LogP contribution < -0.4 is 5.32 Å². The van der Waals surface area contributed by atoms with Crippen LogP contribution in [0.3, 0.4) is 0 Å². The Morgan fingerprint density at radius 1 is 1.44 bits per heavy atom. The largest absolute Gasteiger partial charge is 0.310 e. The van der Waals surface area contributed by atoms with E-state index in [9.17, 15) is 0 Å². The maximum absolute atomic E-state index is 3.75. The van der Waals surface area contributed by atoms with Crippen molar-refractivity contribution in [3.8, 4) is 0 Å². The van der Waals surface area contributed by atoms with Crippen molar-refractivity contribution in [2.45, 2.75) is 33.0 Å². The molecule has 0 aliphatic carbocycles. The molecule has 0 aliphatic heterocycles. The van der Waals surface area contributed by atoms with Crippen molar-refractivity contribution in [2.24, 2.45) is 0 Å². The van der Waals surface area contributed by atoms with Crippen molar-refractivity contribution >= 4 is 11.3 Å². The summed E-state index contributed by atoms with van der Waals surface area (Å²) in [6.45, 7) is 11.0. The van der Waals surface area contributed by atoms with Gasteiger partial charge in [0.25, 0.3) is 0 Å². The first-order chi connectivity index (χ1) is 7.61. The molecule has 0 fully saturated rings. The van der Waals surface area contributed by atoms with E-state index in [1.165, 1.54) is 9.75 Å². The third kappa shape index (κ3) is 4.92. The summed E-state index contributed by atoms with van der Waals surface area (Å²) >= 11 is 1.89. The maximum Gasteiger partial charge on any atom is 0.0328 e. The highest BCUT2D eigenvalue weighted by Gasteiger charge is 2.03. The van der Waals surface area contributed by atoms with Crippen molar-refractivity contribution in [1.29, 1.82) is 0 Å². The van der Waals surface area contributed by atoms with Gasteiger partial charge in [-0.2, -0.15) is 0 Å². The first-order valence-corrected chi connectivity index (χ1v) is 6.54. The smallest absolute Gasteiger partial charge is 0.0328 e. The summed E-state index contributed by atoms with van der Waals surface area (Å²) in [5.41, 5.74) is 0. The fourth-order valence-corrected chi connectivity index (χ4v) is 2.51. The molecule has 0 saturated heterocycles. The highest BCUT2D eigenvalue weighted by molar-refractivity contribution is 7.11. The lowest BCUT2D eigenvalue weighted by atomic mass is 10.3. The van der Waals surface area contributed by atoms with Crippen molar-refractivity contribution in [3.63, 3.8) is 0 Å². The molecule has 0 atom stereocenters. The third-order valence-electron chi connectivity index (χ3n) is 2.27. The van der Waals surface area contributed by atoms with Gasteiger partial charge in [-0.1, -0.05) is 19.9 Å². The number of nitrogens with one attached hydrogen (secondary N) is 1. The molecular weight excluding hydrogens is 216 g/mol. The van der Waals surface area contributed by atoms with Crippen LogP contribution in [0.5, 0.6) is 0 Å². The topological polar surface area (TPSA) is 15.3 Å². The van der Waals surface area contributed by atoms with Gasteiger partial charge in [0, 0.05) is 35.4 Å². The normalized spacial score (nSPS) is 11.3. The number of likely N-dealkylation sites (N-methyl/N-ethyl adjacent to an activating group) is 1. The summed E-state index contributed by atoms with van der Waals surface area (Å²) in [7, 11) is 2.12. The Labute approximate surface area is 103 Å². The molecule has 0 aliphatic rings. The monoisotopic (exact) mass is 238 g/mol. The van der Waals surface area contributed by atoms with Crippen LogP contribution in [0.25, 0.3) is 0 Å². The summed E-state index contributed by atoms with van der Waals surface area (Å²) in [4.78, 5) is 5.10. The molecular formula is C13H22N2S. The average Bonchev–Trinajstić information content (AvgIpc) is 2.63. The van der Waals surface area contributed by atoms with Crippen molar-refractivity contribution in [3.05, 3.63) is 34.5 Å². The number of nitrogens with zero attached hydrogens (tertiary/aromatic N) is 1. The van der Waals surface area contributed by atoms with Crippen molar-refractivity contribution in [1.82, 2.24) is 10.2 Å². The summed E-state index contributed by atoms with van der Waals surface area (Å²) < 4.78 is 0. The van der Waals surface area contributed by atoms with E-state index in [0.29, 0.717) is 6.04 Å².